The third-order valence-corrected chi connectivity index (χ3v) is 6.83. The molecule has 0 aliphatic heterocycles. The van der Waals surface area contributed by atoms with Crippen molar-refractivity contribution in [3.63, 3.8) is 0 Å². The van der Waals surface area contributed by atoms with Crippen molar-refractivity contribution in [2.45, 2.75) is 44.9 Å². The van der Waals surface area contributed by atoms with Crippen LogP contribution in [0.15, 0.2) is 24.3 Å². The van der Waals surface area contributed by atoms with E-state index in [-0.39, 0.29) is 28.9 Å². The molecule has 33 heavy (non-hydrogen) atoms. The second-order valence-corrected chi connectivity index (χ2v) is 8.72. The van der Waals surface area contributed by atoms with Gasteiger partial charge < -0.3 is 24.7 Å². The standard InChI is InChI=1S/C25H30N2O6/c1-4-27(9-10-32-3)17-7-8-18(14(2)11-17)24(30)26-33-25(31)19-13-20(28)21-15-5-6-16(12-15)22(21)23(19)29/h7-8,11,13,15-16,28-29H,4-6,9-10,12H2,1-3H3,(H,26,30)/t15-,16+/m0/s1. The minimum atomic E-state index is -0.923. The number of hydrogen-bond donors (Lipinski definition) is 3. The van der Waals surface area contributed by atoms with Gasteiger partial charge in [-0.15, -0.1) is 0 Å². The average molecular weight is 455 g/mol. The first-order chi connectivity index (χ1) is 15.8. The van der Waals surface area contributed by atoms with Gasteiger partial charge in [-0.1, -0.05) is 0 Å². The fraction of sp³-hybridized carbons (Fsp3) is 0.440. The number of carbonyl (C=O) groups excluding carboxylic acids is 2. The molecule has 0 aromatic heterocycles. The van der Waals surface area contributed by atoms with Gasteiger partial charge in [-0.3, -0.25) is 4.79 Å². The highest BCUT2D eigenvalue weighted by Gasteiger charge is 2.42. The Bertz CT molecular complexity index is 1080. The predicted molar refractivity (Wildman–Crippen MR) is 123 cm³/mol. The van der Waals surface area contributed by atoms with Gasteiger partial charge in [0, 0.05) is 42.6 Å². The maximum absolute atomic E-state index is 12.6. The molecule has 1 fully saturated rings. The summed E-state index contributed by atoms with van der Waals surface area (Å²) in [7, 11) is 1.65. The zero-order chi connectivity index (χ0) is 23.7. The van der Waals surface area contributed by atoms with E-state index in [0.717, 1.165) is 49.2 Å². The molecule has 0 spiro atoms. The molecule has 2 aliphatic rings. The van der Waals surface area contributed by atoms with Crippen LogP contribution in [0.3, 0.4) is 0 Å². The van der Waals surface area contributed by atoms with Crippen molar-refractivity contribution in [1.82, 2.24) is 5.48 Å². The van der Waals surface area contributed by atoms with E-state index in [2.05, 4.69) is 10.4 Å². The SMILES string of the molecule is CCN(CCOC)c1ccc(C(=O)NOC(=O)c2cc(O)c3c(c2O)[C@@H]2CC[C@H]3C2)c(C)c1. The number of nitrogens with one attached hydrogen (secondary N) is 1. The Morgan fingerprint density at radius 2 is 1.85 bits per heavy atom. The molecule has 0 unspecified atom stereocenters. The number of hydrogen-bond acceptors (Lipinski definition) is 7. The van der Waals surface area contributed by atoms with E-state index in [9.17, 15) is 19.8 Å². The monoisotopic (exact) mass is 454 g/mol. The van der Waals surface area contributed by atoms with Crippen molar-refractivity contribution < 1.29 is 29.4 Å². The summed E-state index contributed by atoms with van der Waals surface area (Å²) in [6.45, 7) is 5.97. The Hall–Kier alpha value is -3.26. The summed E-state index contributed by atoms with van der Waals surface area (Å²) in [6.07, 6.45) is 2.78. The number of hydroxylamine groups is 1. The maximum atomic E-state index is 12.6. The van der Waals surface area contributed by atoms with Crippen molar-refractivity contribution in [3.8, 4) is 11.5 Å². The van der Waals surface area contributed by atoms with E-state index in [1.807, 2.05) is 26.0 Å². The molecule has 1 saturated carbocycles. The largest absolute Gasteiger partial charge is 0.508 e. The van der Waals surface area contributed by atoms with E-state index in [0.29, 0.717) is 17.7 Å². The lowest BCUT2D eigenvalue weighted by molar-refractivity contribution is 0.0226. The van der Waals surface area contributed by atoms with Gasteiger partial charge in [-0.05, 0) is 74.8 Å². The number of nitrogens with zero attached hydrogens (tertiary/aromatic N) is 1. The molecule has 176 valence electrons. The molecule has 0 heterocycles. The first kappa shape index (κ1) is 22.9. The number of rotatable bonds is 7. The van der Waals surface area contributed by atoms with Crippen molar-refractivity contribution in [1.29, 1.82) is 0 Å². The van der Waals surface area contributed by atoms with Crippen LogP contribution < -0.4 is 10.4 Å². The Morgan fingerprint density at radius 1 is 1.12 bits per heavy atom. The second-order valence-electron chi connectivity index (χ2n) is 8.72. The molecule has 2 aromatic carbocycles. The first-order valence-electron chi connectivity index (χ1n) is 11.3. The molecule has 2 atom stereocenters. The summed E-state index contributed by atoms with van der Waals surface area (Å²) in [4.78, 5) is 32.4. The van der Waals surface area contributed by atoms with E-state index >= 15 is 0 Å². The van der Waals surface area contributed by atoms with E-state index < -0.39 is 11.9 Å². The highest BCUT2D eigenvalue weighted by molar-refractivity contribution is 5.98. The number of likely N-dealkylation sites (N-methyl/N-ethyl adjacent to an activating group) is 1. The van der Waals surface area contributed by atoms with Crippen LogP contribution >= 0.6 is 0 Å². The lowest BCUT2D eigenvalue weighted by Crippen LogP contribution is -2.29. The van der Waals surface area contributed by atoms with Gasteiger partial charge in [0.1, 0.15) is 17.1 Å². The van der Waals surface area contributed by atoms with Gasteiger partial charge in [0.15, 0.2) is 0 Å². The number of phenolic OH excluding ortho intramolecular Hbond substituents is 2. The van der Waals surface area contributed by atoms with Crippen molar-refractivity contribution in [2.75, 3.05) is 31.7 Å². The van der Waals surface area contributed by atoms with Gasteiger partial charge in [0.2, 0.25) is 0 Å². The Morgan fingerprint density at radius 3 is 2.52 bits per heavy atom. The summed E-state index contributed by atoms with van der Waals surface area (Å²) in [5, 5.41) is 21.1. The van der Waals surface area contributed by atoms with Crippen LogP contribution in [-0.4, -0.2) is 48.9 Å². The third kappa shape index (κ3) is 4.23. The minimum Gasteiger partial charge on any atom is -0.508 e. The smallest absolute Gasteiger partial charge is 0.366 e. The number of carbonyl (C=O) groups is 2. The lowest BCUT2D eigenvalue weighted by Gasteiger charge is -2.23. The number of benzene rings is 2. The number of methoxy groups -OCH3 is 1. The molecule has 8 nitrogen and oxygen atoms in total. The topological polar surface area (TPSA) is 108 Å². The molecular formula is C25H30N2O6. The average Bonchev–Trinajstić information content (AvgIpc) is 3.43. The fourth-order valence-corrected chi connectivity index (χ4v) is 5.17. The predicted octanol–water partition coefficient (Wildman–Crippen LogP) is 3.75. The number of phenols is 2. The minimum absolute atomic E-state index is 0.00587. The van der Waals surface area contributed by atoms with E-state index in [1.165, 1.54) is 6.07 Å². The number of ether oxygens (including phenoxy) is 1. The number of anilines is 1. The summed E-state index contributed by atoms with van der Waals surface area (Å²) >= 11 is 0. The number of amides is 1. The molecule has 0 radical (unpaired) electrons. The molecule has 4 rings (SSSR count). The van der Waals surface area contributed by atoms with Gasteiger partial charge >= 0.3 is 5.97 Å². The second kappa shape index (κ2) is 9.31. The van der Waals surface area contributed by atoms with Crippen molar-refractivity contribution in [3.05, 3.63) is 52.1 Å². The van der Waals surface area contributed by atoms with Crippen molar-refractivity contribution in [2.24, 2.45) is 0 Å². The Labute approximate surface area is 193 Å². The Balaban J connectivity index is 1.45. The van der Waals surface area contributed by atoms with Crippen LogP contribution in [0.1, 0.15) is 75.4 Å². The maximum Gasteiger partial charge on any atom is 0.366 e. The summed E-state index contributed by atoms with van der Waals surface area (Å²) in [6, 6.07) is 6.64. The van der Waals surface area contributed by atoms with Crippen LogP contribution in [-0.2, 0) is 9.57 Å². The Kier molecular flexibility index (Phi) is 6.47. The number of aryl methyl sites for hydroxylation is 1. The van der Waals surface area contributed by atoms with E-state index in [4.69, 9.17) is 9.57 Å². The lowest BCUT2D eigenvalue weighted by atomic mass is 9.88. The van der Waals surface area contributed by atoms with Crippen LogP contribution in [0.2, 0.25) is 0 Å². The fourth-order valence-electron chi connectivity index (χ4n) is 5.17. The number of aromatic hydroxyl groups is 2. The van der Waals surface area contributed by atoms with Crippen LogP contribution in [0.25, 0.3) is 0 Å². The highest BCUT2D eigenvalue weighted by Crippen LogP contribution is 2.59. The molecule has 2 aliphatic carbocycles. The zero-order valence-corrected chi connectivity index (χ0v) is 19.2. The van der Waals surface area contributed by atoms with Crippen LogP contribution in [0.4, 0.5) is 5.69 Å². The van der Waals surface area contributed by atoms with E-state index in [1.54, 1.807) is 13.2 Å². The molecule has 1 amide bonds. The summed E-state index contributed by atoms with van der Waals surface area (Å²) < 4.78 is 5.15. The number of fused-ring (bicyclic) bond motifs is 5. The first-order valence-corrected chi connectivity index (χ1v) is 11.3. The molecule has 3 N–H and O–H groups in total. The van der Waals surface area contributed by atoms with Gasteiger partial charge in [-0.25, -0.2) is 4.79 Å². The van der Waals surface area contributed by atoms with Crippen LogP contribution in [0.5, 0.6) is 11.5 Å². The molecular weight excluding hydrogens is 424 g/mol. The van der Waals surface area contributed by atoms with Gasteiger partial charge in [0.05, 0.1) is 6.61 Å². The normalized spacial score (nSPS) is 18.2. The van der Waals surface area contributed by atoms with Gasteiger partial charge in [-0.2, -0.15) is 5.48 Å². The highest BCUT2D eigenvalue weighted by atomic mass is 16.7. The molecule has 0 saturated heterocycles. The van der Waals surface area contributed by atoms with Gasteiger partial charge in [0.25, 0.3) is 5.91 Å². The third-order valence-electron chi connectivity index (χ3n) is 6.83. The quantitative estimate of drug-likeness (QED) is 0.432. The summed E-state index contributed by atoms with van der Waals surface area (Å²) in [5.41, 5.74) is 5.47. The van der Waals surface area contributed by atoms with Crippen molar-refractivity contribution >= 4 is 17.6 Å². The zero-order valence-electron chi connectivity index (χ0n) is 19.2. The summed E-state index contributed by atoms with van der Waals surface area (Å²) in [5.74, 6) is -1.29. The van der Waals surface area contributed by atoms with Crippen LogP contribution in [0, 0.1) is 6.92 Å². The molecule has 2 bridgehead atoms. The molecule has 2 aromatic rings. The molecule has 8 heteroatoms.